The molecule has 0 radical (unpaired) electrons. The van der Waals surface area contributed by atoms with Gasteiger partial charge in [-0.1, -0.05) is 32.0 Å². The van der Waals surface area contributed by atoms with E-state index in [2.05, 4.69) is 36.7 Å². The fourth-order valence-corrected chi connectivity index (χ4v) is 3.09. The molecule has 18 heavy (non-hydrogen) atoms. The van der Waals surface area contributed by atoms with Crippen LogP contribution >= 0.6 is 11.3 Å². The molecule has 3 nitrogen and oxygen atoms in total. The van der Waals surface area contributed by atoms with Gasteiger partial charge in [-0.25, -0.2) is 0 Å². The molecule has 1 aromatic heterocycles. The van der Waals surface area contributed by atoms with E-state index in [9.17, 15) is 4.79 Å². The SMILES string of the molecule is CC(C)(CNC(=O)C#N)c1csc2ccccc12. The molecule has 1 N–H and O–H groups in total. The summed E-state index contributed by atoms with van der Waals surface area (Å²) in [5.74, 6) is -0.581. The number of rotatable bonds is 3. The lowest BCUT2D eigenvalue weighted by Crippen LogP contribution is -2.35. The van der Waals surface area contributed by atoms with E-state index in [0.717, 1.165) is 0 Å². The van der Waals surface area contributed by atoms with Gasteiger partial charge in [-0.2, -0.15) is 5.26 Å². The van der Waals surface area contributed by atoms with Crippen molar-refractivity contribution >= 4 is 27.3 Å². The van der Waals surface area contributed by atoms with Gasteiger partial charge in [0, 0.05) is 16.7 Å². The molecule has 0 saturated heterocycles. The molecule has 4 heteroatoms. The lowest BCUT2D eigenvalue weighted by molar-refractivity contribution is -0.116. The van der Waals surface area contributed by atoms with Gasteiger partial charge in [0.25, 0.3) is 0 Å². The Morgan fingerprint density at radius 3 is 2.89 bits per heavy atom. The normalized spacial score (nSPS) is 11.2. The molecule has 0 unspecified atom stereocenters. The first-order chi connectivity index (χ1) is 8.54. The van der Waals surface area contributed by atoms with Crippen molar-refractivity contribution in [1.29, 1.82) is 5.26 Å². The minimum Gasteiger partial charge on any atom is -0.343 e. The molecule has 2 rings (SSSR count). The van der Waals surface area contributed by atoms with Crippen molar-refractivity contribution in [2.45, 2.75) is 19.3 Å². The predicted molar refractivity (Wildman–Crippen MR) is 73.5 cm³/mol. The minimum atomic E-state index is -0.581. The van der Waals surface area contributed by atoms with Gasteiger partial charge in [0.15, 0.2) is 6.07 Å². The Hall–Kier alpha value is -1.86. The van der Waals surface area contributed by atoms with Gasteiger partial charge in [-0.15, -0.1) is 11.3 Å². The Morgan fingerprint density at radius 2 is 2.17 bits per heavy atom. The summed E-state index contributed by atoms with van der Waals surface area (Å²) in [4.78, 5) is 11.0. The number of nitrogens with zero attached hydrogens (tertiary/aromatic N) is 1. The summed E-state index contributed by atoms with van der Waals surface area (Å²) in [6.45, 7) is 4.60. The first-order valence-electron chi connectivity index (χ1n) is 5.69. The van der Waals surface area contributed by atoms with Gasteiger partial charge in [0.2, 0.25) is 0 Å². The van der Waals surface area contributed by atoms with Crippen LogP contribution < -0.4 is 5.32 Å². The van der Waals surface area contributed by atoms with Crippen molar-refractivity contribution in [2.24, 2.45) is 0 Å². The smallest absolute Gasteiger partial charge is 0.322 e. The Morgan fingerprint density at radius 1 is 1.44 bits per heavy atom. The lowest BCUT2D eigenvalue weighted by atomic mass is 9.84. The first-order valence-corrected chi connectivity index (χ1v) is 6.57. The highest BCUT2D eigenvalue weighted by atomic mass is 32.1. The molecule has 0 bridgehead atoms. The standard InChI is InChI=1S/C14H14N2OS/c1-14(2,9-16-13(17)7-15)11-8-18-12-6-4-3-5-10(11)12/h3-6,8H,9H2,1-2H3,(H,16,17). The average molecular weight is 258 g/mol. The van der Waals surface area contributed by atoms with E-state index in [1.165, 1.54) is 15.6 Å². The lowest BCUT2D eigenvalue weighted by Gasteiger charge is -2.24. The van der Waals surface area contributed by atoms with Gasteiger partial charge in [-0.05, 0) is 22.4 Å². The molecule has 0 spiro atoms. The van der Waals surface area contributed by atoms with Crippen molar-refractivity contribution in [3.05, 3.63) is 35.2 Å². The van der Waals surface area contributed by atoms with E-state index >= 15 is 0 Å². The van der Waals surface area contributed by atoms with E-state index in [0.29, 0.717) is 6.54 Å². The van der Waals surface area contributed by atoms with Gasteiger partial charge in [-0.3, -0.25) is 4.79 Å². The monoisotopic (exact) mass is 258 g/mol. The quantitative estimate of drug-likeness (QED) is 0.861. The molecule has 2 aromatic rings. The van der Waals surface area contributed by atoms with Crippen molar-refractivity contribution in [3.8, 4) is 6.07 Å². The summed E-state index contributed by atoms with van der Waals surface area (Å²) in [5.41, 5.74) is 1.02. The average Bonchev–Trinajstić information content (AvgIpc) is 2.80. The molecule has 1 heterocycles. The third-order valence-electron chi connectivity index (χ3n) is 3.00. The summed E-state index contributed by atoms with van der Waals surface area (Å²) >= 11 is 1.70. The van der Waals surface area contributed by atoms with Crippen molar-refractivity contribution in [1.82, 2.24) is 5.32 Å². The maximum absolute atomic E-state index is 11.0. The number of hydrogen-bond acceptors (Lipinski definition) is 3. The summed E-state index contributed by atoms with van der Waals surface area (Å²) in [6.07, 6.45) is 0. The largest absolute Gasteiger partial charge is 0.343 e. The van der Waals surface area contributed by atoms with Crippen LogP contribution in [0.5, 0.6) is 0 Å². The van der Waals surface area contributed by atoms with Crippen LogP contribution in [0.2, 0.25) is 0 Å². The van der Waals surface area contributed by atoms with Crippen molar-refractivity contribution < 1.29 is 4.79 Å². The Balaban J connectivity index is 2.29. The zero-order valence-electron chi connectivity index (χ0n) is 10.4. The molecule has 0 saturated carbocycles. The molecule has 0 aliphatic carbocycles. The molecule has 1 amide bonds. The van der Waals surface area contributed by atoms with Gasteiger partial charge in [0.1, 0.15) is 0 Å². The van der Waals surface area contributed by atoms with Crippen LogP contribution in [0.15, 0.2) is 29.6 Å². The second-order valence-corrected chi connectivity index (χ2v) is 5.74. The van der Waals surface area contributed by atoms with Gasteiger partial charge < -0.3 is 5.32 Å². The molecule has 0 aliphatic rings. The molecule has 0 fully saturated rings. The Labute approximate surface area is 110 Å². The topological polar surface area (TPSA) is 52.9 Å². The summed E-state index contributed by atoms with van der Waals surface area (Å²) in [6, 6.07) is 9.79. The van der Waals surface area contributed by atoms with Crippen LogP contribution in [-0.4, -0.2) is 12.5 Å². The predicted octanol–water partition coefficient (Wildman–Crippen LogP) is 2.82. The van der Waals surface area contributed by atoms with Gasteiger partial charge in [0.05, 0.1) is 0 Å². The molecular weight excluding hydrogens is 244 g/mol. The molecule has 0 atom stereocenters. The van der Waals surface area contributed by atoms with Crippen molar-refractivity contribution in [3.63, 3.8) is 0 Å². The van der Waals surface area contributed by atoms with Crippen LogP contribution in [0.25, 0.3) is 10.1 Å². The number of hydrogen-bond donors (Lipinski definition) is 1. The maximum atomic E-state index is 11.0. The highest BCUT2D eigenvalue weighted by molar-refractivity contribution is 7.17. The van der Waals surface area contributed by atoms with E-state index in [1.807, 2.05) is 12.1 Å². The number of carbonyl (C=O) groups is 1. The molecular formula is C14H14N2OS. The Kier molecular flexibility index (Phi) is 3.35. The number of carbonyl (C=O) groups excluding carboxylic acids is 1. The second-order valence-electron chi connectivity index (χ2n) is 4.82. The molecule has 92 valence electrons. The number of amides is 1. The third kappa shape index (κ3) is 2.36. The number of thiophene rings is 1. The van der Waals surface area contributed by atoms with Crippen LogP contribution in [0.4, 0.5) is 0 Å². The van der Waals surface area contributed by atoms with E-state index < -0.39 is 5.91 Å². The highest BCUT2D eigenvalue weighted by Crippen LogP contribution is 2.34. The number of fused-ring (bicyclic) bond motifs is 1. The second kappa shape index (κ2) is 4.79. The summed E-state index contributed by atoms with van der Waals surface area (Å²) in [7, 11) is 0. The fraction of sp³-hybridized carbons (Fsp3) is 0.286. The first kappa shape index (κ1) is 12.6. The molecule has 1 aromatic carbocycles. The van der Waals surface area contributed by atoms with Crippen LogP contribution in [0.1, 0.15) is 19.4 Å². The van der Waals surface area contributed by atoms with E-state index in [4.69, 9.17) is 5.26 Å². The van der Waals surface area contributed by atoms with Crippen LogP contribution in [0.3, 0.4) is 0 Å². The minimum absolute atomic E-state index is 0.188. The highest BCUT2D eigenvalue weighted by Gasteiger charge is 2.24. The third-order valence-corrected chi connectivity index (χ3v) is 3.97. The van der Waals surface area contributed by atoms with Gasteiger partial charge >= 0.3 is 5.91 Å². The molecule has 0 aliphatic heterocycles. The summed E-state index contributed by atoms with van der Waals surface area (Å²) < 4.78 is 1.24. The van der Waals surface area contributed by atoms with Crippen molar-refractivity contribution in [2.75, 3.05) is 6.54 Å². The number of nitriles is 1. The zero-order chi connectivity index (χ0) is 13.2. The van der Waals surface area contributed by atoms with E-state index in [-0.39, 0.29) is 5.41 Å². The maximum Gasteiger partial charge on any atom is 0.322 e. The Bertz CT molecular complexity index is 622. The van der Waals surface area contributed by atoms with Crippen LogP contribution in [0, 0.1) is 11.3 Å². The number of benzene rings is 1. The zero-order valence-corrected chi connectivity index (χ0v) is 11.2. The fourth-order valence-electron chi connectivity index (χ4n) is 1.94. The van der Waals surface area contributed by atoms with Crippen LogP contribution in [-0.2, 0) is 10.2 Å². The summed E-state index contributed by atoms with van der Waals surface area (Å²) in [5, 5.41) is 14.5. The number of nitrogens with one attached hydrogen (secondary N) is 1. The van der Waals surface area contributed by atoms with E-state index in [1.54, 1.807) is 17.4 Å².